The highest BCUT2D eigenvalue weighted by molar-refractivity contribution is 7.99. The van der Waals surface area contributed by atoms with E-state index in [2.05, 4.69) is 42.0 Å². The number of rotatable bonds is 2. The van der Waals surface area contributed by atoms with E-state index < -0.39 is 0 Å². The smallest absolute Gasteiger partial charge is 0.221 e. The average Bonchev–Trinajstić information content (AvgIpc) is 2.29. The van der Waals surface area contributed by atoms with Gasteiger partial charge >= 0.3 is 0 Å². The van der Waals surface area contributed by atoms with Crippen LogP contribution >= 0.6 is 11.8 Å². The normalized spacial score (nSPS) is 10.5. The van der Waals surface area contributed by atoms with Crippen molar-refractivity contribution in [3.63, 3.8) is 0 Å². The van der Waals surface area contributed by atoms with Crippen LogP contribution in [0.25, 0.3) is 0 Å². The lowest BCUT2D eigenvalue weighted by atomic mass is 10.1. The Labute approximate surface area is 105 Å². The van der Waals surface area contributed by atoms with Gasteiger partial charge in [0.15, 0.2) is 0 Å². The molecule has 0 aliphatic rings. The molecular weight excluding hydrogens is 230 g/mol. The number of hydrogen-bond donors (Lipinski definition) is 1. The molecule has 0 spiro atoms. The van der Waals surface area contributed by atoms with Gasteiger partial charge < -0.3 is 5.73 Å². The second-order valence-electron chi connectivity index (χ2n) is 4.06. The molecule has 2 aromatic rings. The molecule has 2 rings (SSSR count). The van der Waals surface area contributed by atoms with E-state index in [1.807, 2.05) is 6.92 Å². The third kappa shape index (κ3) is 2.77. The molecule has 0 aliphatic carbocycles. The second kappa shape index (κ2) is 4.75. The zero-order valence-electron chi connectivity index (χ0n) is 10.2. The number of aryl methyl sites for hydroxylation is 3. The fourth-order valence-electron chi connectivity index (χ4n) is 1.43. The zero-order valence-corrected chi connectivity index (χ0v) is 11.0. The number of nitrogen functional groups attached to an aromatic ring is 1. The lowest BCUT2D eigenvalue weighted by Gasteiger charge is -2.06. The first kappa shape index (κ1) is 11.9. The molecule has 17 heavy (non-hydrogen) atoms. The van der Waals surface area contributed by atoms with Gasteiger partial charge in [-0.2, -0.15) is 0 Å². The first-order chi connectivity index (χ1) is 8.06. The molecule has 3 nitrogen and oxygen atoms in total. The Kier molecular flexibility index (Phi) is 3.33. The summed E-state index contributed by atoms with van der Waals surface area (Å²) in [4.78, 5) is 9.39. The fourth-order valence-corrected chi connectivity index (χ4v) is 2.38. The van der Waals surface area contributed by atoms with Crippen molar-refractivity contribution < 1.29 is 0 Å². The quantitative estimate of drug-likeness (QED) is 0.826. The molecule has 0 radical (unpaired) electrons. The molecule has 4 heteroatoms. The molecule has 0 saturated heterocycles. The van der Waals surface area contributed by atoms with E-state index in [-0.39, 0.29) is 0 Å². The molecule has 1 aromatic carbocycles. The monoisotopic (exact) mass is 245 g/mol. The van der Waals surface area contributed by atoms with Gasteiger partial charge in [-0.1, -0.05) is 17.8 Å². The highest BCUT2D eigenvalue weighted by atomic mass is 32.2. The minimum absolute atomic E-state index is 0.321. The summed E-state index contributed by atoms with van der Waals surface area (Å²) >= 11 is 1.62. The van der Waals surface area contributed by atoms with Crippen LogP contribution in [-0.4, -0.2) is 9.97 Å². The number of hydrogen-bond acceptors (Lipinski definition) is 4. The van der Waals surface area contributed by atoms with Crippen molar-refractivity contribution in [2.75, 3.05) is 5.73 Å². The van der Waals surface area contributed by atoms with Crippen LogP contribution in [0.4, 0.5) is 5.95 Å². The summed E-state index contributed by atoms with van der Waals surface area (Å²) in [5.74, 6) is 0.321. The van der Waals surface area contributed by atoms with Crippen LogP contribution in [0.1, 0.15) is 16.7 Å². The van der Waals surface area contributed by atoms with Gasteiger partial charge in [-0.05, 0) is 44.0 Å². The van der Waals surface area contributed by atoms with Gasteiger partial charge in [0.05, 0.1) is 0 Å². The second-order valence-corrected chi connectivity index (χ2v) is 5.13. The van der Waals surface area contributed by atoms with E-state index >= 15 is 0 Å². The van der Waals surface area contributed by atoms with Crippen LogP contribution in [-0.2, 0) is 0 Å². The van der Waals surface area contributed by atoms with Crippen molar-refractivity contribution in [2.24, 2.45) is 0 Å². The highest BCUT2D eigenvalue weighted by Gasteiger charge is 2.05. The maximum Gasteiger partial charge on any atom is 0.221 e. The van der Waals surface area contributed by atoms with Gasteiger partial charge in [-0.15, -0.1) is 0 Å². The maximum atomic E-state index is 5.60. The summed E-state index contributed by atoms with van der Waals surface area (Å²) in [5, 5.41) is 0.917. The fraction of sp³-hybridized carbons (Fsp3) is 0.231. The van der Waals surface area contributed by atoms with Crippen molar-refractivity contribution in [2.45, 2.75) is 30.7 Å². The van der Waals surface area contributed by atoms with Gasteiger partial charge in [0.2, 0.25) is 5.95 Å². The van der Waals surface area contributed by atoms with E-state index in [9.17, 15) is 0 Å². The van der Waals surface area contributed by atoms with E-state index in [1.54, 1.807) is 18.0 Å². The summed E-state index contributed by atoms with van der Waals surface area (Å²) < 4.78 is 0. The number of benzene rings is 1. The van der Waals surface area contributed by atoms with Crippen molar-refractivity contribution in [3.8, 4) is 0 Å². The number of anilines is 1. The standard InChI is InChI=1S/C13H15N3S/c1-8-4-5-11(6-9(8)2)17-12-10(3)7-15-13(14)16-12/h4-7H,1-3H3,(H2,14,15,16). The Balaban J connectivity index is 2.31. The highest BCUT2D eigenvalue weighted by Crippen LogP contribution is 2.29. The number of aromatic nitrogens is 2. The minimum atomic E-state index is 0.321. The van der Waals surface area contributed by atoms with E-state index in [0.717, 1.165) is 10.6 Å². The summed E-state index contributed by atoms with van der Waals surface area (Å²) in [6.07, 6.45) is 1.76. The van der Waals surface area contributed by atoms with Gasteiger partial charge in [0, 0.05) is 16.7 Å². The number of nitrogens with two attached hydrogens (primary N) is 1. The molecule has 0 bridgehead atoms. The van der Waals surface area contributed by atoms with Crippen molar-refractivity contribution in [1.82, 2.24) is 9.97 Å². The Morgan fingerprint density at radius 3 is 2.53 bits per heavy atom. The molecule has 88 valence electrons. The Morgan fingerprint density at radius 1 is 1.06 bits per heavy atom. The van der Waals surface area contributed by atoms with Gasteiger partial charge in [0.25, 0.3) is 0 Å². The molecule has 2 N–H and O–H groups in total. The molecule has 0 aliphatic heterocycles. The van der Waals surface area contributed by atoms with Crippen molar-refractivity contribution in [3.05, 3.63) is 41.1 Å². The molecular formula is C13H15N3S. The molecule has 1 heterocycles. The third-order valence-corrected chi connectivity index (χ3v) is 3.73. The predicted octanol–water partition coefficient (Wildman–Crippen LogP) is 3.14. The molecule has 1 aromatic heterocycles. The molecule has 0 unspecified atom stereocenters. The average molecular weight is 245 g/mol. The van der Waals surface area contributed by atoms with E-state index in [1.165, 1.54) is 16.0 Å². The summed E-state index contributed by atoms with van der Waals surface area (Å²) in [7, 11) is 0. The molecule has 0 saturated carbocycles. The van der Waals surface area contributed by atoms with E-state index in [0.29, 0.717) is 5.95 Å². The van der Waals surface area contributed by atoms with Crippen LogP contribution in [0.5, 0.6) is 0 Å². The summed E-state index contributed by atoms with van der Waals surface area (Å²) in [6, 6.07) is 6.39. The van der Waals surface area contributed by atoms with Crippen LogP contribution in [0.2, 0.25) is 0 Å². The van der Waals surface area contributed by atoms with Gasteiger partial charge in [0.1, 0.15) is 5.03 Å². The van der Waals surface area contributed by atoms with E-state index in [4.69, 9.17) is 5.73 Å². The van der Waals surface area contributed by atoms with Crippen LogP contribution in [0, 0.1) is 20.8 Å². The Bertz CT molecular complexity index is 552. The molecule has 0 amide bonds. The molecule has 0 atom stereocenters. The zero-order chi connectivity index (χ0) is 12.4. The third-order valence-electron chi connectivity index (χ3n) is 2.64. The van der Waals surface area contributed by atoms with Gasteiger partial charge in [-0.3, -0.25) is 0 Å². The van der Waals surface area contributed by atoms with Crippen molar-refractivity contribution in [1.29, 1.82) is 0 Å². The summed E-state index contributed by atoms with van der Waals surface area (Å²) in [6.45, 7) is 6.21. The van der Waals surface area contributed by atoms with Crippen LogP contribution in [0.15, 0.2) is 34.3 Å². The lowest BCUT2D eigenvalue weighted by molar-refractivity contribution is 1.02. The Morgan fingerprint density at radius 2 is 1.82 bits per heavy atom. The van der Waals surface area contributed by atoms with Crippen molar-refractivity contribution >= 4 is 17.7 Å². The first-order valence-electron chi connectivity index (χ1n) is 5.40. The number of nitrogens with zero attached hydrogens (tertiary/aromatic N) is 2. The summed E-state index contributed by atoms with van der Waals surface area (Å²) in [5.41, 5.74) is 9.23. The van der Waals surface area contributed by atoms with Gasteiger partial charge in [-0.25, -0.2) is 9.97 Å². The van der Waals surface area contributed by atoms with Crippen LogP contribution in [0.3, 0.4) is 0 Å². The lowest BCUT2D eigenvalue weighted by Crippen LogP contribution is -1.97. The largest absolute Gasteiger partial charge is 0.368 e. The topological polar surface area (TPSA) is 51.8 Å². The minimum Gasteiger partial charge on any atom is -0.368 e. The maximum absolute atomic E-state index is 5.60. The first-order valence-corrected chi connectivity index (χ1v) is 6.22. The molecule has 0 fully saturated rings. The SMILES string of the molecule is Cc1ccc(Sc2nc(N)ncc2C)cc1C. The van der Waals surface area contributed by atoms with Crippen LogP contribution < -0.4 is 5.73 Å². The Hall–Kier alpha value is -1.55. The predicted molar refractivity (Wildman–Crippen MR) is 71.2 cm³/mol.